The summed E-state index contributed by atoms with van der Waals surface area (Å²) in [5, 5.41) is 8.05. The Morgan fingerprint density at radius 2 is 0.800 bits per heavy atom. The average molecular weight is 624 g/mol. The van der Waals surface area contributed by atoms with E-state index in [0.29, 0.717) is 23.5 Å². The van der Waals surface area contributed by atoms with E-state index in [-0.39, 0.29) is 19.8 Å². The van der Waals surface area contributed by atoms with Crippen molar-refractivity contribution in [2.24, 2.45) is 5.41 Å². The lowest BCUT2D eigenvalue weighted by molar-refractivity contribution is -0.0104. The maximum Gasteiger partial charge on any atom is 0.411 e. The van der Waals surface area contributed by atoms with E-state index in [0.717, 1.165) is 16.7 Å². The van der Waals surface area contributed by atoms with Gasteiger partial charge in [0.25, 0.3) is 0 Å². The monoisotopic (exact) mass is 623 g/mol. The second kappa shape index (κ2) is 22.9. The van der Waals surface area contributed by atoms with Crippen molar-refractivity contribution in [3.8, 4) is 0 Å². The Morgan fingerprint density at radius 1 is 0.533 bits per heavy atom. The van der Waals surface area contributed by atoms with Crippen LogP contribution in [0, 0.1) is 26.2 Å². The van der Waals surface area contributed by atoms with E-state index in [2.05, 4.69) is 16.0 Å². The highest BCUT2D eigenvalue weighted by Gasteiger charge is 2.34. The minimum Gasteiger partial charge on any atom is -0.448 e. The fraction of sp³-hybridized carbons (Fsp3) is 0.417. The van der Waals surface area contributed by atoms with E-state index in [9.17, 15) is 14.4 Å². The van der Waals surface area contributed by atoms with Crippen molar-refractivity contribution < 1.29 is 28.6 Å². The summed E-state index contributed by atoms with van der Waals surface area (Å²) in [7, 11) is 0. The third kappa shape index (κ3) is 16.2. The van der Waals surface area contributed by atoms with Gasteiger partial charge in [-0.05, 0) is 80.3 Å². The van der Waals surface area contributed by atoms with E-state index < -0.39 is 23.7 Å². The second-order valence-corrected chi connectivity index (χ2v) is 9.57. The number of carbonyl (C=O) groups excluding carboxylic acids is 3. The molecule has 0 aliphatic carbocycles. The number of nitrogens with one attached hydrogen (secondary N) is 3. The SMILES string of the molecule is CC.CC.CC.CCC(COC(=O)Nc1cccc(C)c1)(COC(=O)Nc1cccc(C)c1)COC(=O)Nc1cccc(C)c1. The average Bonchev–Trinajstić information content (AvgIpc) is 3.04. The van der Waals surface area contributed by atoms with Gasteiger partial charge in [-0.1, -0.05) is 84.9 Å². The predicted octanol–water partition coefficient (Wildman–Crippen LogP) is 10.1. The number of ether oxygens (including phenoxy) is 3. The standard InChI is InChI=1S/C30H35N3O6.3C2H6/c1-5-30(18-37-27(34)31-24-12-6-9-21(2)15-24,19-38-28(35)32-25-13-7-10-22(3)16-25)20-39-29(36)33-26-14-8-11-23(4)17-26;3*1-2/h6-17H,5,18-20H2,1-4H3,(H,31,34)(H,32,35)(H,33,36);3*1-2H3. The summed E-state index contributed by atoms with van der Waals surface area (Å²) >= 11 is 0. The van der Waals surface area contributed by atoms with E-state index in [1.54, 1.807) is 18.2 Å². The van der Waals surface area contributed by atoms with Gasteiger partial charge in [-0.25, -0.2) is 14.4 Å². The van der Waals surface area contributed by atoms with Gasteiger partial charge in [0.2, 0.25) is 0 Å². The van der Waals surface area contributed by atoms with Crippen LogP contribution in [0.25, 0.3) is 0 Å². The lowest BCUT2D eigenvalue weighted by atomic mass is 9.88. The van der Waals surface area contributed by atoms with Gasteiger partial charge in [0.1, 0.15) is 19.8 Å². The smallest absolute Gasteiger partial charge is 0.411 e. The minimum absolute atomic E-state index is 0.156. The van der Waals surface area contributed by atoms with Crippen molar-refractivity contribution in [1.29, 1.82) is 0 Å². The van der Waals surface area contributed by atoms with Crippen LogP contribution in [0.15, 0.2) is 72.8 Å². The molecule has 9 nitrogen and oxygen atoms in total. The number of carbonyl (C=O) groups is 3. The molecule has 0 aliphatic rings. The quantitative estimate of drug-likeness (QED) is 0.194. The molecule has 45 heavy (non-hydrogen) atoms. The molecule has 0 fully saturated rings. The van der Waals surface area contributed by atoms with Gasteiger partial charge in [-0.2, -0.15) is 0 Å². The number of rotatable bonds is 10. The zero-order valence-corrected chi connectivity index (χ0v) is 28.7. The van der Waals surface area contributed by atoms with Crippen LogP contribution in [0.3, 0.4) is 0 Å². The van der Waals surface area contributed by atoms with Gasteiger partial charge < -0.3 is 14.2 Å². The highest BCUT2D eigenvalue weighted by atomic mass is 16.6. The number of benzene rings is 3. The zero-order chi connectivity index (χ0) is 34.3. The van der Waals surface area contributed by atoms with Gasteiger partial charge in [0, 0.05) is 17.1 Å². The Balaban J connectivity index is 0.00000304. The van der Waals surface area contributed by atoms with Crippen molar-refractivity contribution >= 4 is 35.3 Å². The molecule has 0 atom stereocenters. The lowest BCUT2D eigenvalue weighted by Gasteiger charge is -2.31. The predicted molar refractivity (Wildman–Crippen MR) is 185 cm³/mol. The second-order valence-electron chi connectivity index (χ2n) is 9.57. The molecule has 0 bridgehead atoms. The topological polar surface area (TPSA) is 115 Å². The number of amides is 3. The molecule has 3 rings (SSSR count). The molecule has 9 heteroatoms. The fourth-order valence-electron chi connectivity index (χ4n) is 3.72. The fourth-order valence-corrected chi connectivity index (χ4v) is 3.72. The first-order valence-corrected chi connectivity index (χ1v) is 15.7. The first-order valence-electron chi connectivity index (χ1n) is 15.7. The molecule has 0 saturated heterocycles. The van der Waals surface area contributed by atoms with Crippen LogP contribution in [0.5, 0.6) is 0 Å². The normalized spacial score (nSPS) is 9.73. The number of aryl methyl sites for hydroxylation is 3. The molecule has 3 N–H and O–H groups in total. The third-order valence-electron chi connectivity index (χ3n) is 6.07. The van der Waals surface area contributed by atoms with Gasteiger partial charge in [-0.3, -0.25) is 16.0 Å². The molecule has 0 spiro atoms. The van der Waals surface area contributed by atoms with Crippen LogP contribution in [0.2, 0.25) is 0 Å². The van der Waals surface area contributed by atoms with Crippen LogP contribution < -0.4 is 16.0 Å². The molecular formula is C36H53N3O6. The number of anilines is 3. The van der Waals surface area contributed by atoms with Gasteiger partial charge in [0.15, 0.2) is 0 Å². The summed E-state index contributed by atoms with van der Waals surface area (Å²) in [5.74, 6) is 0. The summed E-state index contributed by atoms with van der Waals surface area (Å²) in [4.78, 5) is 37.6. The number of hydrogen-bond donors (Lipinski definition) is 3. The van der Waals surface area contributed by atoms with Crippen molar-refractivity contribution in [2.45, 2.75) is 75.7 Å². The van der Waals surface area contributed by atoms with E-state index in [4.69, 9.17) is 14.2 Å². The molecule has 0 unspecified atom stereocenters. The minimum atomic E-state index is -0.988. The zero-order valence-electron chi connectivity index (χ0n) is 28.7. The maximum absolute atomic E-state index is 12.5. The Morgan fingerprint density at radius 3 is 1.02 bits per heavy atom. The summed E-state index contributed by atoms with van der Waals surface area (Å²) in [6.45, 7) is 19.1. The highest BCUT2D eigenvalue weighted by molar-refractivity contribution is 5.86. The molecule has 0 heterocycles. The summed E-state index contributed by atoms with van der Waals surface area (Å²) in [6.07, 6.45) is -1.63. The summed E-state index contributed by atoms with van der Waals surface area (Å²) < 4.78 is 16.5. The number of hydrogen-bond acceptors (Lipinski definition) is 6. The molecule has 248 valence electrons. The van der Waals surface area contributed by atoms with Crippen LogP contribution in [-0.4, -0.2) is 38.1 Å². The molecule has 3 aromatic carbocycles. The Kier molecular flexibility index (Phi) is 20.6. The van der Waals surface area contributed by atoms with E-state index >= 15 is 0 Å². The lowest BCUT2D eigenvalue weighted by Crippen LogP contribution is -2.40. The third-order valence-corrected chi connectivity index (χ3v) is 6.07. The van der Waals surface area contributed by atoms with Crippen LogP contribution in [0.4, 0.5) is 31.4 Å². The molecule has 0 radical (unpaired) electrons. The first kappa shape index (κ1) is 40.5. The molecule has 0 saturated carbocycles. The molecule has 3 aromatic rings. The first-order chi connectivity index (χ1) is 21.7. The van der Waals surface area contributed by atoms with Gasteiger partial charge in [-0.15, -0.1) is 0 Å². The highest BCUT2D eigenvalue weighted by Crippen LogP contribution is 2.25. The molecular weight excluding hydrogens is 570 g/mol. The van der Waals surface area contributed by atoms with E-state index in [1.165, 1.54) is 0 Å². The largest absolute Gasteiger partial charge is 0.448 e. The van der Waals surface area contributed by atoms with Crippen molar-refractivity contribution in [3.05, 3.63) is 89.5 Å². The molecule has 0 aliphatic heterocycles. The van der Waals surface area contributed by atoms with Gasteiger partial charge >= 0.3 is 18.3 Å². The summed E-state index contributed by atoms with van der Waals surface area (Å²) in [6, 6.07) is 21.9. The van der Waals surface area contributed by atoms with Crippen molar-refractivity contribution in [1.82, 2.24) is 0 Å². The van der Waals surface area contributed by atoms with Crippen LogP contribution >= 0.6 is 0 Å². The van der Waals surface area contributed by atoms with Crippen molar-refractivity contribution in [2.75, 3.05) is 35.8 Å². The van der Waals surface area contributed by atoms with E-state index in [1.807, 2.05) is 124 Å². The van der Waals surface area contributed by atoms with Crippen LogP contribution in [0.1, 0.15) is 71.6 Å². The Hall–Kier alpha value is -4.53. The summed E-state index contributed by atoms with van der Waals surface area (Å²) in [5.41, 5.74) is 3.72. The Bertz CT molecular complexity index is 1140. The molecule has 0 aromatic heterocycles. The Labute approximate surface area is 270 Å². The van der Waals surface area contributed by atoms with Crippen LogP contribution in [-0.2, 0) is 14.2 Å². The molecule has 3 amide bonds. The van der Waals surface area contributed by atoms with Crippen molar-refractivity contribution in [3.63, 3.8) is 0 Å². The maximum atomic E-state index is 12.5. The van der Waals surface area contributed by atoms with Gasteiger partial charge in [0.05, 0.1) is 5.41 Å².